The first-order valence-corrected chi connectivity index (χ1v) is 10.9. The first-order chi connectivity index (χ1) is 13.9. The van der Waals surface area contributed by atoms with E-state index < -0.39 is 0 Å². The van der Waals surface area contributed by atoms with Crippen molar-refractivity contribution in [2.24, 2.45) is 5.92 Å². The van der Waals surface area contributed by atoms with Gasteiger partial charge in [0.2, 0.25) is 5.91 Å². The van der Waals surface area contributed by atoms with Crippen molar-refractivity contribution in [3.8, 4) is 0 Å². The summed E-state index contributed by atoms with van der Waals surface area (Å²) in [6, 6.07) is 8.65. The minimum absolute atomic E-state index is 0.0139. The Morgan fingerprint density at radius 3 is 2.24 bits per heavy atom. The molecule has 0 N–H and O–H groups in total. The molecular formula is C25H33NO3. The van der Waals surface area contributed by atoms with Crippen LogP contribution in [0.25, 0.3) is 6.08 Å². The number of hydrogen-bond donors (Lipinski definition) is 0. The van der Waals surface area contributed by atoms with Crippen LogP contribution in [0.1, 0.15) is 69.4 Å². The topological polar surface area (TPSA) is 46.6 Å². The Balaban J connectivity index is 1.47. The molecule has 0 atom stereocenters. The second-order valence-electron chi connectivity index (χ2n) is 8.67. The van der Waals surface area contributed by atoms with E-state index in [2.05, 4.69) is 37.8 Å². The van der Waals surface area contributed by atoms with Crippen molar-refractivity contribution in [2.45, 2.75) is 64.4 Å². The molecule has 1 aliphatic heterocycles. The van der Waals surface area contributed by atoms with Gasteiger partial charge in [0.25, 0.3) is 0 Å². The molecule has 1 amide bonds. The Bertz CT molecular complexity index is 749. The van der Waals surface area contributed by atoms with E-state index in [1.165, 1.54) is 31.2 Å². The van der Waals surface area contributed by atoms with Crippen molar-refractivity contribution in [1.29, 1.82) is 0 Å². The average molecular weight is 396 g/mol. The molecule has 0 spiro atoms. The van der Waals surface area contributed by atoms with Crippen molar-refractivity contribution in [3.63, 3.8) is 0 Å². The maximum Gasteiger partial charge on any atom is 0.333 e. The van der Waals surface area contributed by atoms with Gasteiger partial charge in [0, 0.05) is 37.6 Å². The molecule has 4 nitrogen and oxygen atoms in total. The third kappa shape index (κ3) is 6.06. The summed E-state index contributed by atoms with van der Waals surface area (Å²) < 4.78 is 5.38. The Morgan fingerprint density at radius 1 is 1.03 bits per heavy atom. The summed E-state index contributed by atoms with van der Waals surface area (Å²) in [6.45, 7) is 8.81. The predicted octanol–water partition coefficient (Wildman–Crippen LogP) is 5.10. The zero-order valence-corrected chi connectivity index (χ0v) is 17.7. The van der Waals surface area contributed by atoms with E-state index in [0.29, 0.717) is 37.4 Å². The van der Waals surface area contributed by atoms with E-state index in [0.717, 1.165) is 11.5 Å². The number of carbonyl (C=O) groups excluding carboxylic acids is 2. The van der Waals surface area contributed by atoms with Crippen LogP contribution in [-0.2, 0) is 14.3 Å². The average Bonchev–Trinajstić information content (AvgIpc) is 2.73. The van der Waals surface area contributed by atoms with Crippen LogP contribution in [0.15, 0.2) is 42.5 Å². The van der Waals surface area contributed by atoms with Gasteiger partial charge in [-0.15, -0.1) is 0 Å². The standard InChI is InChI=1S/C25H33NO3/c1-18(2)25(28)29-23-14-16-26(17-15-23)24(27)13-8-20-6-11-22(12-7-20)21-9-4-19(3)5-10-21/h6-8,11-13,19,21,23H,1,4-5,9-10,14-17H2,2-3H3/b13-8+. The molecule has 0 unspecified atom stereocenters. The first kappa shape index (κ1) is 21.4. The van der Waals surface area contributed by atoms with Gasteiger partial charge in [-0.1, -0.05) is 50.6 Å². The molecule has 0 bridgehead atoms. The lowest BCUT2D eigenvalue weighted by atomic mass is 9.79. The van der Waals surface area contributed by atoms with E-state index in [-0.39, 0.29) is 18.0 Å². The van der Waals surface area contributed by atoms with Gasteiger partial charge in [-0.05, 0) is 48.8 Å². The molecule has 2 aliphatic rings. The van der Waals surface area contributed by atoms with Crippen LogP contribution in [-0.4, -0.2) is 36.0 Å². The third-order valence-corrected chi connectivity index (χ3v) is 6.22. The second-order valence-corrected chi connectivity index (χ2v) is 8.67. The van der Waals surface area contributed by atoms with Crippen LogP contribution in [0.2, 0.25) is 0 Å². The highest BCUT2D eigenvalue weighted by Crippen LogP contribution is 2.35. The van der Waals surface area contributed by atoms with Gasteiger partial charge in [-0.25, -0.2) is 4.79 Å². The molecular weight excluding hydrogens is 362 g/mol. The zero-order valence-electron chi connectivity index (χ0n) is 17.7. The highest BCUT2D eigenvalue weighted by Gasteiger charge is 2.24. The molecule has 156 valence electrons. The number of carbonyl (C=O) groups is 2. The molecule has 1 heterocycles. The van der Waals surface area contributed by atoms with Crippen molar-refractivity contribution < 1.29 is 14.3 Å². The fraction of sp³-hybridized carbons (Fsp3) is 0.520. The van der Waals surface area contributed by atoms with Crippen LogP contribution in [0.5, 0.6) is 0 Å². The maximum atomic E-state index is 12.5. The van der Waals surface area contributed by atoms with Gasteiger partial charge in [0.05, 0.1) is 0 Å². The normalized spacial score (nSPS) is 23.2. The Morgan fingerprint density at radius 2 is 1.66 bits per heavy atom. The third-order valence-electron chi connectivity index (χ3n) is 6.22. The zero-order chi connectivity index (χ0) is 20.8. The van der Waals surface area contributed by atoms with Crippen LogP contribution in [0.3, 0.4) is 0 Å². The van der Waals surface area contributed by atoms with Crippen molar-refractivity contribution in [2.75, 3.05) is 13.1 Å². The van der Waals surface area contributed by atoms with Gasteiger partial charge in [-0.3, -0.25) is 4.79 Å². The van der Waals surface area contributed by atoms with Gasteiger partial charge >= 0.3 is 5.97 Å². The predicted molar refractivity (Wildman–Crippen MR) is 116 cm³/mol. The summed E-state index contributed by atoms with van der Waals surface area (Å²) in [4.78, 5) is 25.9. The molecule has 2 fully saturated rings. The smallest absolute Gasteiger partial charge is 0.333 e. The molecule has 0 radical (unpaired) electrons. The molecule has 1 saturated heterocycles. The molecule has 1 aliphatic carbocycles. The summed E-state index contributed by atoms with van der Waals surface area (Å²) in [6.07, 6.45) is 9.98. The van der Waals surface area contributed by atoms with Crippen molar-refractivity contribution >= 4 is 18.0 Å². The SMILES string of the molecule is C=C(C)C(=O)OC1CCN(C(=O)/C=C/c2ccc(C3CCC(C)CC3)cc2)CC1. The number of hydrogen-bond acceptors (Lipinski definition) is 3. The highest BCUT2D eigenvalue weighted by atomic mass is 16.5. The minimum Gasteiger partial charge on any atom is -0.459 e. The van der Waals surface area contributed by atoms with Crippen LogP contribution in [0.4, 0.5) is 0 Å². The molecule has 0 aromatic heterocycles. The monoisotopic (exact) mass is 395 g/mol. The number of nitrogens with zero attached hydrogens (tertiary/aromatic N) is 1. The molecule has 1 aromatic carbocycles. The van der Waals surface area contributed by atoms with Crippen LogP contribution >= 0.6 is 0 Å². The van der Waals surface area contributed by atoms with Crippen LogP contribution < -0.4 is 0 Å². The van der Waals surface area contributed by atoms with Gasteiger partial charge in [0.15, 0.2) is 0 Å². The second kappa shape index (κ2) is 9.91. The number of piperidine rings is 1. The van der Waals surface area contributed by atoms with Gasteiger partial charge in [0.1, 0.15) is 6.10 Å². The summed E-state index contributed by atoms with van der Waals surface area (Å²) in [7, 11) is 0. The van der Waals surface area contributed by atoms with Crippen LogP contribution in [0, 0.1) is 5.92 Å². The molecule has 1 aromatic rings. The summed E-state index contributed by atoms with van der Waals surface area (Å²) >= 11 is 0. The van der Waals surface area contributed by atoms with E-state index in [1.807, 2.05) is 11.0 Å². The Kier molecular flexibility index (Phi) is 7.29. The highest BCUT2D eigenvalue weighted by molar-refractivity contribution is 5.92. The first-order valence-electron chi connectivity index (χ1n) is 10.9. The molecule has 29 heavy (non-hydrogen) atoms. The quantitative estimate of drug-likeness (QED) is 0.514. The van der Waals surface area contributed by atoms with E-state index in [9.17, 15) is 9.59 Å². The van der Waals surface area contributed by atoms with Crippen molar-refractivity contribution in [3.05, 3.63) is 53.6 Å². The lowest BCUT2D eigenvalue weighted by molar-refractivity contribution is -0.147. The number of likely N-dealkylation sites (tertiary alicyclic amines) is 1. The van der Waals surface area contributed by atoms with E-state index >= 15 is 0 Å². The lowest BCUT2D eigenvalue weighted by Crippen LogP contribution is -2.40. The van der Waals surface area contributed by atoms with Gasteiger partial charge < -0.3 is 9.64 Å². The molecule has 1 saturated carbocycles. The van der Waals surface area contributed by atoms with Gasteiger partial charge in [-0.2, -0.15) is 0 Å². The van der Waals surface area contributed by atoms with Crippen molar-refractivity contribution in [1.82, 2.24) is 4.90 Å². The number of amides is 1. The Hall–Kier alpha value is -2.36. The fourth-order valence-corrected chi connectivity index (χ4v) is 4.19. The summed E-state index contributed by atoms with van der Waals surface area (Å²) in [5, 5.41) is 0. The Labute approximate surface area is 174 Å². The summed E-state index contributed by atoms with van der Waals surface area (Å²) in [5.74, 6) is 1.22. The van der Waals surface area contributed by atoms with E-state index in [4.69, 9.17) is 4.74 Å². The maximum absolute atomic E-state index is 12.5. The number of ether oxygens (including phenoxy) is 1. The summed E-state index contributed by atoms with van der Waals surface area (Å²) in [5.41, 5.74) is 2.89. The fourth-order valence-electron chi connectivity index (χ4n) is 4.19. The number of rotatable bonds is 5. The minimum atomic E-state index is -0.346. The van der Waals surface area contributed by atoms with E-state index in [1.54, 1.807) is 13.0 Å². The molecule has 3 rings (SSSR count). The number of esters is 1. The number of benzene rings is 1. The largest absolute Gasteiger partial charge is 0.459 e. The molecule has 4 heteroatoms. The lowest BCUT2D eigenvalue weighted by Gasteiger charge is -2.31.